The molecule has 0 saturated carbocycles. The Balaban J connectivity index is 1.59. The maximum Gasteiger partial charge on any atom is 0.244 e. The summed E-state index contributed by atoms with van der Waals surface area (Å²) in [6.45, 7) is 0. The zero-order valence-electron chi connectivity index (χ0n) is 17.9. The summed E-state index contributed by atoms with van der Waals surface area (Å²) in [7, 11) is 0. The van der Waals surface area contributed by atoms with Gasteiger partial charge in [-0.2, -0.15) is 0 Å². The molecule has 3 aromatic carbocycles. The summed E-state index contributed by atoms with van der Waals surface area (Å²) in [5.74, 6) is 0. The molecule has 1 atom stereocenters. The highest BCUT2D eigenvalue weighted by Gasteiger charge is 2.14. The Kier molecular flexibility index (Phi) is 7.43. The molecular formula is C30H27N2+. The standard InChI is InChI=1S/C30H26N2/c1-4-13-25(14-5-1)17-12-19-27-18-10-11-22-29(27)32-30(31-28-20-8-3-9-21-28)24-23-26-15-6-2-7-16-26/h1-24,30-31H/p+1/b17-12+,24-23+,27-19+,32-29-/t30-/m1/s1. The van der Waals surface area contributed by atoms with Gasteiger partial charge in [0, 0.05) is 23.4 Å². The summed E-state index contributed by atoms with van der Waals surface area (Å²) < 4.78 is 0. The molecule has 1 aliphatic rings. The quantitative estimate of drug-likeness (QED) is 0.495. The van der Waals surface area contributed by atoms with Crippen LogP contribution in [0.5, 0.6) is 0 Å². The molecule has 0 aliphatic heterocycles. The highest BCUT2D eigenvalue weighted by Crippen LogP contribution is 2.09. The Morgan fingerprint density at radius 3 is 1.94 bits per heavy atom. The van der Waals surface area contributed by atoms with E-state index in [2.05, 4.69) is 114 Å². The summed E-state index contributed by atoms with van der Waals surface area (Å²) >= 11 is 0. The molecule has 2 N–H and O–H groups in total. The van der Waals surface area contributed by atoms with Gasteiger partial charge in [0.2, 0.25) is 11.9 Å². The predicted molar refractivity (Wildman–Crippen MR) is 137 cm³/mol. The van der Waals surface area contributed by atoms with Gasteiger partial charge >= 0.3 is 0 Å². The van der Waals surface area contributed by atoms with Gasteiger partial charge in [0.1, 0.15) is 0 Å². The number of hydrogen-bond acceptors (Lipinski definition) is 1. The number of para-hydroxylation sites is 1. The van der Waals surface area contributed by atoms with Crippen molar-refractivity contribution in [2.24, 2.45) is 0 Å². The number of anilines is 1. The fraction of sp³-hybridized carbons (Fsp3) is 0.0333. The van der Waals surface area contributed by atoms with Gasteiger partial charge in [0.15, 0.2) is 0 Å². The van der Waals surface area contributed by atoms with Crippen molar-refractivity contribution in [3.8, 4) is 0 Å². The van der Waals surface area contributed by atoms with Crippen LogP contribution >= 0.6 is 0 Å². The van der Waals surface area contributed by atoms with Crippen LogP contribution in [-0.2, 0) is 0 Å². The average molecular weight is 416 g/mol. The minimum atomic E-state index is -0.0785. The fourth-order valence-electron chi connectivity index (χ4n) is 3.39. The first kappa shape index (κ1) is 21.1. The van der Waals surface area contributed by atoms with Gasteiger partial charge in [-0.15, -0.1) is 0 Å². The molecular weight excluding hydrogens is 388 g/mol. The Morgan fingerprint density at radius 2 is 1.25 bits per heavy atom. The summed E-state index contributed by atoms with van der Waals surface area (Å²) in [4.78, 5) is 3.65. The third-order valence-corrected chi connectivity index (χ3v) is 5.01. The van der Waals surface area contributed by atoms with Crippen molar-refractivity contribution in [3.05, 3.63) is 150 Å². The van der Waals surface area contributed by atoms with Gasteiger partial charge < -0.3 is 5.32 Å². The van der Waals surface area contributed by atoms with Crippen LogP contribution in [0.3, 0.4) is 0 Å². The van der Waals surface area contributed by atoms with Crippen molar-refractivity contribution in [2.45, 2.75) is 6.17 Å². The molecule has 0 unspecified atom stereocenters. The molecule has 0 aromatic heterocycles. The van der Waals surface area contributed by atoms with E-state index in [1.807, 2.05) is 42.5 Å². The molecule has 4 rings (SSSR count). The monoisotopic (exact) mass is 415 g/mol. The molecule has 3 aromatic rings. The highest BCUT2D eigenvalue weighted by molar-refractivity contribution is 6.08. The molecule has 0 fully saturated rings. The van der Waals surface area contributed by atoms with Crippen molar-refractivity contribution in [1.29, 1.82) is 0 Å². The lowest BCUT2D eigenvalue weighted by Gasteiger charge is -2.10. The first-order chi connectivity index (χ1) is 15.9. The van der Waals surface area contributed by atoms with E-state index in [1.165, 1.54) is 11.1 Å². The lowest BCUT2D eigenvalue weighted by Crippen LogP contribution is -2.81. The molecule has 2 heteroatoms. The van der Waals surface area contributed by atoms with Crippen LogP contribution < -0.4 is 10.3 Å². The maximum atomic E-state index is 3.65. The zero-order valence-corrected chi connectivity index (χ0v) is 17.9. The van der Waals surface area contributed by atoms with Crippen molar-refractivity contribution < 1.29 is 4.99 Å². The van der Waals surface area contributed by atoms with E-state index in [0.717, 1.165) is 17.0 Å². The van der Waals surface area contributed by atoms with Gasteiger partial charge in [-0.3, -0.25) is 0 Å². The second-order valence-corrected chi connectivity index (χ2v) is 7.43. The minimum absolute atomic E-state index is 0.0785. The fourth-order valence-corrected chi connectivity index (χ4v) is 3.39. The summed E-state index contributed by atoms with van der Waals surface area (Å²) in [5, 5.41) is 3.58. The normalized spacial score (nSPS) is 16.9. The van der Waals surface area contributed by atoms with E-state index in [1.54, 1.807) is 0 Å². The van der Waals surface area contributed by atoms with Crippen LogP contribution in [0, 0.1) is 0 Å². The van der Waals surface area contributed by atoms with Crippen LogP contribution in [0.15, 0.2) is 139 Å². The predicted octanol–water partition coefficient (Wildman–Crippen LogP) is 5.43. The molecule has 0 saturated heterocycles. The maximum absolute atomic E-state index is 3.65. The largest absolute Gasteiger partial charge is 0.325 e. The molecule has 1 aliphatic carbocycles. The summed E-state index contributed by atoms with van der Waals surface area (Å²) in [6.07, 6.45) is 18.9. The SMILES string of the molecule is C1=CC(=[NH+]/[C@H](/C=C/c2ccccc2)Nc2ccccc2)/C(=C/C=C/c2ccccc2)C=C1. The molecule has 32 heavy (non-hydrogen) atoms. The second-order valence-electron chi connectivity index (χ2n) is 7.43. The molecule has 0 radical (unpaired) electrons. The van der Waals surface area contributed by atoms with Crippen molar-refractivity contribution in [2.75, 3.05) is 5.32 Å². The van der Waals surface area contributed by atoms with Crippen molar-refractivity contribution in [3.63, 3.8) is 0 Å². The number of nitrogens with one attached hydrogen (secondary N) is 2. The van der Waals surface area contributed by atoms with Crippen molar-refractivity contribution in [1.82, 2.24) is 0 Å². The molecule has 156 valence electrons. The number of benzene rings is 3. The van der Waals surface area contributed by atoms with Gasteiger partial charge in [-0.25, -0.2) is 4.99 Å². The lowest BCUT2D eigenvalue weighted by molar-refractivity contribution is -0.479. The smallest absolute Gasteiger partial charge is 0.244 e. The number of hydrogen-bond donors (Lipinski definition) is 2. The third-order valence-electron chi connectivity index (χ3n) is 5.01. The first-order valence-corrected chi connectivity index (χ1v) is 10.8. The summed E-state index contributed by atoms with van der Waals surface area (Å²) in [6, 6.07) is 30.9. The molecule has 2 nitrogen and oxygen atoms in total. The van der Waals surface area contributed by atoms with Crippen molar-refractivity contribution >= 4 is 23.6 Å². The van der Waals surface area contributed by atoms with Gasteiger partial charge in [-0.05, 0) is 35.4 Å². The number of rotatable bonds is 7. The second kappa shape index (κ2) is 11.3. The third kappa shape index (κ3) is 6.41. The lowest BCUT2D eigenvalue weighted by atomic mass is 10.0. The zero-order chi connectivity index (χ0) is 21.8. The van der Waals surface area contributed by atoms with Crippen LogP contribution in [0.1, 0.15) is 11.1 Å². The highest BCUT2D eigenvalue weighted by atomic mass is 15.1. The molecule has 0 spiro atoms. The van der Waals surface area contributed by atoms with E-state index in [4.69, 9.17) is 0 Å². The van der Waals surface area contributed by atoms with Gasteiger partial charge in [0.05, 0.1) is 0 Å². The van der Waals surface area contributed by atoms with Crippen LogP contribution in [0.4, 0.5) is 5.69 Å². The number of allylic oxidation sites excluding steroid dienone is 7. The van der Waals surface area contributed by atoms with Crippen LogP contribution in [0.25, 0.3) is 12.2 Å². The summed E-state index contributed by atoms with van der Waals surface area (Å²) in [5.41, 5.74) is 5.61. The first-order valence-electron chi connectivity index (χ1n) is 10.8. The molecule has 0 heterocycles. The average Bonchev–Trinajstić information content (AvgIpc) is 2.85. The molecule has 0 bridgehead atoms. The Morgan fingerprint density at radius 1 is 0.656 bits per heavy atom. The Labute approximate surface area is 190 Å². The van der Waals surface area contributed by atoms with Gasteiger partial charge in [-0.1, -0.05) is 109 Å². The van der Waals surface area contributed by atoms with E-state index >= 15 is 0 Å². The van der Waals surface area contributed by atoms with Gasteiger partial charge in [0.25, 0.3) is 0 Å². The Bertz CT molecular complexity index is 1170. The Hall–Kier alpha value is -4.17. The van der Waals surface area contributed by atoms with Crippen LogP contribution in [0.2, 0.25) is 0 Å². The van der Waals surface area contributed by atoms with E-state index in [-0.39, 0.29) is 6.17 Å². The topological polar surface area (TPSA) is 26.0 Å². The van der Waals surface area contributed by atoms with E-state index < -0.39 is 0 Å². The van der Waals surface area contributed by atoms with Crippen LogP contribution in [-0.4, -0.2) is 11.9 Å². The van der Waals surface area contributed by atoms with E-state index in [9.17, 15) is 0 Å². The minimum Gasteiger partial charge on any atom is -0.325 e. The van der Waals surface area contributed by atoms with E-state index in [0.29, 0.717) is 0 Å². The molecule has 0 amide bonds.